The molecule has 1 aromatic rings. The number of nitrogens with zero attached hydrogens (tertiary/aromatic N) is 1. The second-order valence-electron chi connectivity index (χ2n) is 6.07. The largest absolute Gasteiger partial charge is 0.366 e. The maximum atomic E-state index is 12.4. The van der Waals surface area contributed by atoms with Gasteiger partial charge in [-0.1, -0.05) is 42.5 Å². The molecule has 1 aliphatic carbocycles. The van der Waals surface area contributed by atoms with Crippen molar-refractivity contribution in [2.24, 2.45) is 0 Å². The van der Waals surface area contributed by atoms with Crippen LogP contribution >= 0.6 is 0 Å². The summed E-state index contributed by atoms with van der Waals surface area (Å²) in [5.41, 5.74) is 1.28. The average Bonchev–Trinajstić information content (AvgIpc) is 2.57. The molecule has 0 radical (unpaired) electrons. The van der Waals surface area contributed by atoms with Crippen molar-refractivity contribution >= 4 is 5.91 Å². The van der Waals surface area contributed by atoms with Gasteiger partial charge in [0.1, 0.15) is 6.10 Å². The van der Waals surface area contributed by atoms with Crippen molar-refractivity contribution < 1.29 is 9.53 Å². The number of carbonyl (C=O) groups is 1. The third kappa shape index (κ3) is 4.18. The first-order valence-electron chi connectivity index (χ1n) is 8.14. The molecule has 1 aromatic carbocycles. The molecule has 0 bridgehead atoms. The molecule has 118 valence electrons. The van der Waals surface area contributed by atoms with Gasteiger partial charge >= 0.3 is 0 Å². The lowest BCUT2D eigenvalue weighted by Crippen LogP contribution is -2.51. The Kier molecular flexibility index (Phi) is 5.24. The van der Waals surface area contributed by atoms with E-state index < -0.39 is 0 Å². The van der Waals surface area contributed by atoms with E-state index in [0.717, 1.165) is 32.4 Å². The molecule has 4 heteroatoms. The Labute approximate surface area is 132 Å². The molecule has 1 N–H and O–H groups in total. The summed E-state index contributed by atoms with van der Waals surface area (Å²) < 4.78 is 5.68. The fourth-order valence-electron chi connectivity index (χ4n) is 3.07. The summed E-state index contributed by atoms with van der Waals surface area (Å²) >= 11 is 0. The summed E-state index contributed by atoms with van der Waals surface area (Å²) in [6.45, 7) is 3.05. The zero-order valence-electron chi connectivity index (χ0n) is 12.9. The number of hydrogen-bond acceptors (Lipinski definition) is 3. The lowest BCUT2D eigenvalue weighted by atomic mass is 10.0. The summed E-state index contributed by atoms with van der Waals surface area (Å²) in [6, 6.07) is 10.6. The van der Waals surface area contributed by atoms with E-state index in [0.29, 0.717) is 13.2 Å². The highest BCUT2D eigenvalue weighted by molar-refractivity contribution is 5.81. The Bertz CT molecular complexity index is 515. The van der Waals surface area contributed by atoms with Gasteiger partial charge in [0.25, 0.3) is 5.91 Å². The van der Waals surface area contributed by atoms with Gasteiger partial charge < -0.3 is 10.1 Å². The lowest BCUT2D eigenvalue weighted by molar-refractivity contribution is -0.139. The van der Waals surface area contributed by atoms with Gasteiger partial charge in [0, 0.05) is 25.7 Å². The van der Waals surface area contributed by atoms with Crippen molar-refractivity contribution in [1.29, 1.82) is 0 Å². The molecule has 0 saturated carbocycles. The quantitative estimate of drug-likeness (QED) is 0.866. The zero-order chi connectivity index (χ0) is 15.2. The first kappa shape index (κ1) is 15.3. The molecule has 0 spiro atoms. The van der Waals surface area contributed by atoms with Crippen LogP contribution < -0.4 is 5.32 Å². The van der Waals surface area contributed by atoms with Crippen molar-refractivity contribution in [3.05, 3.63) is 48.0 Å². The van der Waals surface area contributed by atoms with Crippen LogP contribution in [0.15, 0.2) is 42.5 Å². The normalized spacial score (nSPS) is 25.8. The second-order valence-corrected chi connectivity index (χ2v) is 6.07. The minimum atomic E-state index is -0.344. The molecule has 1 saturated heterocycles. The van der Waals surface area contributed by atoms with Crippen LogP contribution in [0, 0.1) is 0 Å². The molecule has 2 atom stereocenters. The van der Waals surface area contributed by atoms with Crippen LogP contribution in [0.3, 0.4) is 0 Å². The topological polar surface area (TPSA) is 41.6 Å². The molecule has 22 heavy (non-hydrogen) atoms. The highest BCUT2D eigenvalue weighted by Crippen LogP contribution is 2.13. The van der Waals surface area contributed by atoms with Crippen LogP contribution in [-0.2, 0) is 16.1 Å². The van der Waals surface area contributed by atoms with Gasteiger partial charge in [0.2, 0.25) is 0 Å². The molecule has 1 aliphatic heterocycles. The Hall–Kier alpha value is -1.65. The molecule has 1 fully saturated rings. The van der Waals surface area contributed by atoms with E-state index in [1.807, 2.05) is 6.07 Å². The van der Waals surface area contributed by atoms with E-state index in [1.165, 1.54) is 5.56 Å². The van der Waals surface area contributed by atoms with Gasteiger partial charge in [-0.05, 0) is 24.8 Å². The molecule has 0 aromatic heterocycles. The summed E-state index contributed by atoms with van der Waals surface area (Å²) in [7, 11) is 0. The van der Waals surface area contributed by atoms with Crippen molar-refractivity contribution in [1.82, 2.24) is 10.2 Å². The van der Waals surface area contributed by atoms with Crippen LogP contribution in [0.2, 0.25) is 0 Å². The predicted molar refractivity (Wildman–Crippen MR) is 86.4 cm³/mol. The van der Waals surface area contributed by atoms with Crippen LogP contribution in [0.5, 0.6) is 0 Å². The SMILES string of the molecule is O=C(N[C@@H]1CC=CCC1)[C@@H]1CN(Cc2ccccc2)CCO1. The van der Waals surface area contributed by atoms with Crippen LogP contribution in [-0.4, -0.2) is 42.6 Å². The monoisotopic (exact) mass is 300 g/mol. The van der Waals surface area contributed by atoms with Gasteiger partial charge in [-0.3, -0.25) is 9.69 Å². The first-order chi connectivity index (χ1) is 10.8. The van der Waals surface area contributed by atoms with Gasteiger partial charge in [0.15, 0.2) is 0 Å². The maximum absolute atomic E-state index is 12.4. The molecule has 1 amide bonds. The Morgan fingerprint density at radius 1 is 1.27 bits per heavy atom. The number of benzene rings is 1. The van der Waals surface area contributed by atoms with Gasteiger partial charge in [0.05, 0.1) is 6.61 Å². The fourth-order valence-corrected chi connectivity index (χ4v) is 3.07. The number of amides is 1. The number of hydrogen-bond donors (Lipinski definition) is 1. The Balaban J connectivity index is 1.51. The van der Waals surface area contributed by atoms with Crippen molar-refractivity contribution in [2.75, 3.05) is 19.7 Å². The van der Waals surface area contributed by atoms with Crippen LogP contribution in [0.4, 0.5) is 0 Å². The molecule has 2 aliphatic rings. The van der Waals surface area contributed by atoms with E-state index in [1.54, 1.807) is 0 Å². The van der Waals surface area contributed by atoms with Crippen molar-refractivity contribution in [2.45, 2.75) is 38.0 Å². The Morgan fingerprint density at radius 3 is 2.91 bits per heavy atom. The highest BCUT2D eigenvalue weighted by atomic mass is 16.5. The van der Waals surface area contributed by atoms with E-state index in [2.05, 4.69) is 46.6 Å². The zero-order valence-corrected chi connectivity index (χ0v) is 12.9. The number of morpholine rings is 1. The molecule has 4 nitrogen and oxygen atoms in total. The molecule has 3 rings (SSSR count). The minimum absolute atomic E-state index is 0.0399. The van der Waals surface area contributed by atoms with Gasteiger partial charge in [-0.2, -0.15) is 0 Å². The van der Waals surface area contributed by atoms with Gasteiger partial charge in [-0.15, -0.1) is 0 Å². The van der Waals surface area contributed by atoms with Crippen molar-refractivity contribution in [3.63, 3.8) is 0 Å². The molecular formula is C18H24N2O2. The number of allylic oxidation sites excluding steroid dienone is 1. The van der Waals surface area contributed by atoms with Crippen LogP contribution in [0.25, 0.3) is 0 Å². The average molecular weight is 300 g/mol. The molecule has 1 heterocycles. The Morgan fingerprint density at radius 2 is 2.14 bits per heavy atom. The predicted octanol–water partition coefficient (Wildman–Crippen LogP) is 2.11. The summed E-state index contributed by atoms with van der Waals surface area (Å²) in [5.74, 6) is 0.0399. The third-order valence-electron chi connectivity index (χ3n) is 4.31. The summed E-state index contributed by atoms with van der Waals surface area (Å²) in [5, 5.41) is 3.13. The maximum Gasteiger partial charge on any atom is 0.250 e. The number of nitrogens with one attached hydrogen (secondary N) is 1. The van der Waals surface area contributed by atoms with E-state index in [9.17, 15) is 4.79 Å². The summed E-state index contributed by atoms with van der Waals surface area (Å²) in [4.78, 5) is 14.7. The third-order valence-corrected chi connectivity index (χ3v) is 4.31. The smallest absolute Gasteiger partial charge is 0.250 e. The van der Waals surface area contributed by atoms with E-state index >= 15 is 0 Å². The second kappa shape index (κ2) is 7.56. The minimum Gasteiger partial charge on any atom is -0.366 e. The highest BCUT2D eigenvalue weighted by Gasteiger charge is 2.28. The van der Waals surface area contributed by atoms with Crippen molar-refractivity contribution in [3.8, 4) is 0 Å². The number of carbonyl (C=O) groups excluding carboxylic acids is 1. The summed E-state index contributed by atoms with van der Waals surface area (Å²) in [6.07, 6.45) is 7.01. The number of rotatable bonds is 4. The van der Waals surface area contributed by atoms with E-state index in [-0.39, 0.29) is 18.1 Å². The molecular weight excluding hydrogens is 276 g/mol. The number of ether oxygens (including phenoxy) is 1. The van der Waals surface area contributed by atoms with Crippen LogP contribution in [0.1, 0.15) is 24.8 Å². The van der Waals surface area contributed by atoms with E-state index in [4.69, 9.17) is 4.74 Å². The lowest BCUT2D eigenvalue weighted by Gasteiger charge is -2.33. The fraction of sp³-hybridized carbons (Fsp3) is 0.500. The van der Waals surface area contributed by atoms with Gasteiger partial charge in [-0.25, -0.2) is 0 Å². The standard InChI is InChI=1S/C18H24N2O2/c21-18(19-16-9-5-2-6-10-16)17-14-20(11-12-22-17)13-15-7-3-1-4-8-15/h1-5,7-8,16-17H,6,9-14H2,(H,19,21)/t16-,17+/m1/s1. The molecule has 0 unspecified atom stereocenters. The first-order valence-corrected chi connectivity index (χ1v) is 8.14.